The molecular weight excluding hydrogens is 442 g/mol. The average molecular weight is 466 g/mol. The van der Waals surface area contributed by atoms with Crippen molar-refractivity contribution in [2.45, 2.75) is 24.3 Å². The molecule has 0 amide bonds. The number of hydrogen-bond acceptors (Lipinski definition) is 5. The molecular formula is C25H23NO4S2. The van der Waals surface area contributed by atoms with Gasteiger partial charge in [-0.15, -0.1) is 11.3 Å². The molecule has 32 heavy (non-hydrogen) atoms. The van der Waals surface area contributed by atoms with E-state index in [0.29, 0.717) is 24.7 Å². The molecule has 0 saturated carbocycles. The largest absolute Gasteiger partial charge is 0.490 e. The first-order valence-corrected chi connectivity index (χ1v) is 12.8. The number of ether oxygens (including phenoxy) is 2. The zero-order valence-electron chi connectivity index (χ0n) is 17.6. The Morgan fingerprint density at radius 2 is 1.66 bits per heavy atom. The number of sulfonamides is 1. The summed E-state index contributed by atoms with van der Waals surface area (Å²) in [5.74, 6) is 1.03. The van der Waals surface area contributed by atoms with Gasteiger partial charge in [0.25, 0.3) is 0 Å². The maximum atomic E-state index is 13.5. The van der Waals surface area contributed by atoms with Crippen LogP contribution < -0.4 is 14.2 Å². The summed E-state index contributed by atoms with van der Waals surface area (Å²) in [4.78, 5) is 1.10. The van der Waals surface area contributed by atoms with Crippen LogP contribution in [-0.4, -0.2) is 21.6 Å². The Morgan fingerprint density at radius 1 is 0.906 bits per heavy atom. The summed E-state index contributed by atoms with van der Waals surface area (Å²) in [7, 11) is -3.83. The van der Waals surface area contributed by atoms with Crippen LogP contribution in [-0.2, 0) is 10.0 Å². The fourth-order valence-electron chi connectivity index (χ4n) is 3.86. The lowest BCUT2D eigenvalue weighted by atomic mass is 10.0. The van der Waals surface area contributed by atoms with Gasteiger partial charge in [0.1, 0.15) is 0 Å². The predicted molar refractivity (Wildman–Crippen MR) is 127 cm³/mol. The quantitative estimate of drug-likeness (QED) is 0.426. The van der Waals surface area contributed by atoms with Gasteiger partial charge in [-0.25, -0.2) is 8.42 Å². The Labute approximate surface area is 191 Å². The van der Waals surface area contributed by atoms with Gasteiger partial charge in [0.05, 0.1) is 24.2 Å². The van der Waals surface area contributed by atoms with Crippen molar-refractivity contribution < 1.29 is 17.9 Å². The highest BCUT2D eigenvalue weighted by Gasteiger charge is 2.27. The van der Waals surface area contributed by atoms with Gasteiger partial charge in [-0.05, 0) is 47.7 Å². The molecule has 0 spiro atoms. The average Bonchev–Trinajstić information content (AvgIpc) is 3.08. The van der Waals surface area contributed by atoms with Crippen LogP contribution in [0.5, 0.6) is 11.5 Å². The van der Waals surface area contributed by atoms with E-state index >= 15 is 0 Å². The smallest absolute Gasteiger partial charge is 0.241 e. The molecule has 0 unspecified atom stereocenters. The maximum Gasteiger partial charge on any atom is 0.241 e. The minimum absolute atomic E-state index is 0.154. The van der Waals surface area contributed by atoms with E-state index in [2.05, 4.69) is 16.9 Å². The number of thiophene rings is 1. The van der Waals surface area contributed by atoms with Gasteiger partial charge in [0, 0.05) is 22.1 Å². The van der Waals surface area contributed by atoms with E-state index in [9.17, 15) is 8.42 Å². The lowest BCUT2D eigenvalue weighted by Crippen LogP contribution is -2.29. The molecule has 0 radical (unpaired) electrons. The SMILES string of the molecule is Cc1ccccc1[C@H](NS(=O)(=O)c1ccc2c(c1)OCCCO2)c1cc2ccccc2s1. The molecule has 1 N–H and O–H groups in total. The van der Waals surface area contributed by atoms with Crippen molar-refractivity contribution in [3.63, 3.8) is 0 Å². The van der Waals surface area contributed by atoms with E-state index in [0.717, 1.165) is 32.5 Å². The molecule has 4 aromatic rings. The Hall–Kier alpha value is -2.87. The van der Waals surface area contributed by atoms with Crippen LogP contribution in [0.1, 0.15) is 28.5 Å². The van der Waals surface area contributed by atoms with Gasteiger partial charge in [-0.2, -0.15) is 4.72 Å². The van der Waals surface area contributed by atoms with Gasteiger partial charge in [0.15, 0.2) is 11.5 Å². The monoisotopic (exact) mass is 465 g/mol. The van der Waals surface area contributed by atoms with E-state index in [1.807, 2.05) is 49.4 Å². The standard InChI is InChI=1S/C25H23NO4S2/c1-17-7-2-4-9-20(17)25(24-15-18-8-3-5-10-23(18)31-24)26-32(27,28)19-11-12-21-22(16-19)30-14-6-13-29-21/h2-5,7-12,15-16,25-26H,6,13-14H2,1H3/t25-/m0/s1. The fraction of sp³-hybridized carbons (Fsp3) is 0.200. The van der Waals surface area contributed by atoms with Crippen LogP contribution in [0.25, 0.3) is 10.1 Å². The fourth-order valence-corrected chi connectivity index (χ4v) is 6.28. The molecule has 0 saturated heterocycles. The second kappa shape index (κ2) is 8.58. The van der Waals surface area contributed by atoms with Crippen LogP contribution in [0.4, 0.5) is 0 Å². The molecule has 2 heterocycles. The van der Waals surface area contributed by atoms with Crippen LogP contribution >= 0.6 is 11.3 Å². The van der Waals surface area contributed by atoms with Gasteiger partial charge < -0.3 is 9.47 Å². The van der Waals surface area contributed by atoms with Crippen molar-refractivity contribution in [1.82, 2.24) is 4.72 Å². The molecule has 1 aliphatic heterocycles. The zero-order chi connectivity index (χ0) is 22.1. The van der Waals surface area contributed by atoms with Crippen molar-refractivity contribution in [2.75, 3.05) is 13.2 Å². The van der Waals surface area contributed by atoms with Gasteiger partial charge in [-0.3, -0.25) is 0 Å². The molecule has 1 aromatic heterocycles. The summed E-state index contributed by atoms with van der Waals surface area (Å²) in [6, 6.07) is 22.3. The minimum Gasteiger partial charge on any atom is -0.490 e. The lowest BCUT2D eigenvalue weighted by molar-refractivity contribution is 0.297. The lowest BCUT2D eigenvalue weighted by Gasteiger charge is -2.20. The van der Waals surface area contributed by atoms with Crippen LogP contribution in [0.15, 0.2) is 77.7 Å². The summed E-state index contributed by atoms with van der Waals surface area (Å²) >= 11 is 1.60. The van der Waals surface area contributed by atoms with Crippen molar-refractivity contribution >= 4 is 31.4 Å². The number of hydrogen-bond donors (Lipinski definition) is 1. The summed E-state index contributed by atoms with van der Waals surface area (Å²) in [5, 5.41) is 1.10. The first kappa shape index (κ1) is 21.0. The van der Waals surface area contributed by atoms with Gasteiger partial charge >= 0.3 is 0 Å². The predicted octanol–water partition coefficient (Wildman–Crippen LogP) is 5.44. The molecule has 7 heteroatoms. The molecule has 1 aliphatic rings. The molecule has 0 aliphatic carbocycles. The van der Waals surface area contributed by atoms with E-state index in [4.69, 9.17) is 9.47 Å². The van der Waals surface area contributed by atoms with Crippen LogP contribution in [0.2, 0.25) is 0 Å². The second-order valence-corrected chi connectivity index (χ2v) is 10.6. The first-order valence-electron chi connectivity index (χ1n) is 10.5. The molecule has 5 rings (SSSR count). The Kier molecular flexibility index (Phi) is 5.63. The van der Waals surface area contributed by atoms with Gasteiger partial charge in [0.2, 0.25) is 10.0 Å². The second-order valence-electron chi connectivity index (χ2n) is 7.76. The molecule has 164 valence electrons. The molecule has 3 aromatic carbocycles. The summed E-state index contributed by atoms with van der Waals surface area (Å²) in [6.45, 7) is 3.05. The first-order chi connectivity index (χ1) is 15.5. The van der Waals surface area contributed by atoms with Crippen LogP contribution in [0.3, 0.4) is 0 Å². The number of rotatable bonds is 5. The van der Waals surface area contributed by atoms with E-state index in [1.165, 1.54) is 0 Å². The Balaban J connectivity index is 1.56. The zero-order valence-corrected chi connectivity index (χ0v) is 19.2. The number of nitrogens with one attached hydrogen (secondary N) is 1. The number of fused-ring (bicyclic) bond motifs is 2. The summed E-state index contributed by atoms with van der Waals surface area (Å²) in [5.41, 5.74) is 1.95. The van der Waals surface area contributed by atoms with Crippen molar-refractivity contribution in [2.24, 2.45) is 0 Å². The highest BCUT2D eigenvalue weighted by Crippen LogP contribution is 2.36. The molecule has 5 nitrogen and oxygen atoms in total. The third-order valence-electron chi connectivity index (χ3n) is 5.53. The molecule has 1 atom stereocenters. The van der Waals surface area contributed by atoms with Crippen LogP contribution in [0, 0.1) is 6.92 Å². The number of aryl methyl sites for hydroxylation is 1. The number of benzene rings is 3. The highest BCUT2D eigenvalue weighted by molar-refractivity contribution is 7.89. The third kappa shape index (κ3) is 4.11. The van der Waals surface area contributed by atoms with Crippen molar-refractivity contribution in [3.8, 4) is 11.5 Å². The normalized spacial score (nSPS) is 14.8. The van der Waals surface area contributed by atoms with Crippen molar-refractivity contribution in [1.29, 1.82) is 0 Å². The highest BCUT2D eigenvalue weighted by atomic mass is 32.2. The Morgan fingerprint density at radius 3 is 2.47 bits per heavy atom. The Bertz CT molecular complexity index is 1340. The third-order valence-corrected chi connectivity index (χ3v) is 8.13. The van der Waals surface area contributed by atoms with Gasteiger partial charge in [-0.1, -0.05) is 42.5 Å². The van der Waals surface area contributed by atoms with Crippen molar-refractivity contribution in [3.05, 3.63) is 88.8 Å². The van der Waals surface area contributed by atoms with E-state index in [-0.39, 0.29) is 4.90 Å². The topological polar surface area (TPSA) is 64.6 Å². The molecule has 0 bridgehead atoms. The molecule has 0 fully saturated rings. The summed E-state index contributed by atoms with van der Waals surface area (Å²) in [6.07, 6.45) is 0.760. The van der Waals surface area contributed by atoms with E-state index in [1.54, 1.807) is 29.5 Å². The van der Waals surface area contributed by atoms with E-state index < -0.39 is 16.1 Å². The summed E-state index contributed by atoms with van der Waals surface area (Å²) < 4.78 is 42.4. The minimum atomic E-state index is -3.83. The maximum absolute atomic E-state index is 13.5.